The zero-order valence-corrected chi connectivity index (χ0v) is 14.6. The molecule has 0 fully saturated rings. The maximum atomic E-state index is 11.6. The van der Waals surface area contributed by atoms with Crippen LogP contribution in [-0.2, 0) is 9.63 Å². The summed E-state index contributed by atoms with van der Waals surface area (Å²) in [6, 6.07) is 0. The third-order valence-electron chi connectivity index (χ3n) is 3.20. The number of hydrogen-bond donors (Lipinski definition) is 1. The van der Waals surface area contributed by atoms with E-state index in [1.54, 1.807) is 0 Å². The average Bonchev–Trinajstić information content (AvgIpc) is 2.36. The van der Waals surface area contributed by atoms with Crippen LogP contribution in [0.3, 0.4) is 0 Å². The fourth-order valence-electron chi connectivity index (χ4n) is 1.20. The van der Waals surface area contributed by atoms with Gasteiger partial charge in [0, 0.05) is 23.6 Å². The van der Waals surface area contributed by atoms with Crippen molar-refractivity contribution < 1.29 is 9.63 Å². The number of carbonyl (C=O) groups is 1. The molecule has 0 spiro atoms. The zero-order valence-electron chi connectivity index (χ0n) is 13.8. The van der Waals surface area contributed by atoms with Crippen LogP contribution in [0.15, 0.2) is 5.16 Å². The fourth-order valence-corrected chi connectivity index (χ4v) is 1.55. The van der Waals surface area contributed by atoms with E-state index in [1.165, 1.54) is 0 Å². The highest BCUT2D eigenvalue weighted by atomic mass is 32.2. The lowest BCUT2D eigenvalue weighted by Crippen LogP contribution is -2.26. The van der Waals surface area contributed by atoms with Crippen LogP contribution >= 0.6 is 11.8 Å². The first-order valence-electron chi connectivity index (χ1n) is 7.24. The monoisotopic (exact) mass is 302 g/mol. The van der Waals surface area contributed by atoms with Gasteiger partial charge in [-0.3, -0.25) is 4.79 Å². The van der Waals surface area contributed by atoms with Crippen LogP contribution in [0.5, 0.6) is 0 Å². The number of carbonyl (C=O) groups excluding carboxylic acids is 1. The molecule has 1 N–H and O–H groups in total. The molecule has 20 heavy (non-hydrogen) atoms. The van der Waals surface area contributed by atoms with Gasteiger partial charge in [0.15, 0.2) is 0 Å². The highest BCUT2D eigenvalue weighted by Gasteiger charge is 2.14. The van der Waals surface area contributed by atoms with Crippen LogP contribution in [0.4, 0.5) is 0 Å². The summed E-state index contributed by atoms with van der Waals surface area (Å²) in [5, 5.41) is 7.59. The molecule has 0 aromatic carbocycles. The Morgan fingerprint density at radius 3 is 2.60 bits per heavy atom. The van der Waals surface area contributed by atoms with E-state index in [0.717, 1.165) is 18.7 Å². The van der Waals surface area contributed by atoms with Gasteiger partial charge in [-0.2, -0.15) is 11.8 Å². The quantitative estimate of drug-likeness (QED) is 0.403. The summed E-state index contributed by atoms with van der Waals surface area (Å²) in [5.41, 5.74) is 0.999. The van der Waals surface area contributed by atoms with Crippen molar-refractivity contribution in [2.24, 2.45) is 10.6 Å². The Morgan fingerprint density at radius 1 is 1.40 bits per heavy atom. The second kappa shape index (κ2) is 10.1. The molecule has 0 aliphatic carbocycles. The van der Waals surface area contributed by atoms with Crippen LogP contribution in [0, 0.1) is 5.41 Å². The molecule has 0 heterocycles. The van der Waals surface area contributed by atoms with Crippen molar-refractivity contribution in [3.05, 3.63) is 0 Å². The molecule has 1 atom stereocenters. The minimum atomic E-state index is 0.0331. The second-order valence-electron chi connectivity index (χ2n) is 6.05. The van der Waals surface area contributed by atoms with Gasteiger partial charge in [-0.25, -0.2) is 0 Å². The van der Waals surface area contributed by atoms with Crippen LogP contribution in [0.2, 0.25) is 0 Å². The summed E-state index contributed by atoms with van der Waals surface area (Å²) in [7, 11) is 0. The molecule has 0 bridgehead atoms. The number of nitrogens with one attached hydrogen (secondary N) is 1. The summed E-state index contributed by atoms with van der Waals surface area (Å²) >= 11 is 1.82. The highest BCUT2D eigenvalue weighted by Crippen LogP contribution is 2.15. The van der Waals surface area contributed by atoms with Gasteiger partial charge in [-0.1, -0.05) is 32.9 Å². The van der Waals surface area contributed by atoms with Gasteiger partial charge in [0.25, 0.3) is 0 Å². The largest absolute Gasteiger partial charge is 0.396 e. The Kier molecular flexibility index (Phi) is 9.72. The van der Waals surface area contributed by atoms with E-state index in [1.807, 2.05) is 18.7 Å². The molecule has 0 radical (unpaired) electrons. The van der Waals surface area contributed by atoms with Crippen molar-refractivity contribution >= 4 is 23.4 Å². The zero-order chi connectivity index (χ0) is 15.6. The first-order valence-corrected chi connectivity index (χ1v) is 8.52. The molecule has 0 aromatic rings. The fraction of sp³-hybridized carbons (Fsp3) is 0.867. The molecule has 0 aromatic heterocycles. The number of rotatable bonds is 9. The van der Waals surface area contributed by atoms with Crippen molar-refractivity contribution in [3.63, 3.8) is 0 Å². The second-order valence-corrected chi connectivity index (χ2v) is 7.32. The van der Waals surface area contributed by atoms with Crippen molar-refractivity contribution in [2.45, 2.75) is 59.1 Å². The number of oxime groups is 1. The molecule has 1 amide bonds. The van der Waals surface area contributed by atoms with Crippen molar-refractivity contribution in [1.82, 2.24) is 5.32 Å². The summed E-state index contributed by atoms with van der Waals surface area (Å²) in [4.78, 5) is 16.8. The van der Waals surface area contributed by atoms with Gasteiger partial charge in [0.2, 0.25) is 5.91 Å². The molecule has 0 saturated carbocycles. The van der Waals surface area contributed by atoms with Crippen molar-refractivity contribution in [3.8, 4) is 0 Å². The molecule has 118 valence electrons. The van der Waals surface area contributed by atoms with Gasteiger partial charge in [0.05, 0.1) is 5.71 Å². The smallest absolute Gasteiger partial charge is 0.220 e. The Balaban J connectivity index is 3.63. The topological polar surface area (TPSA) is 50.7 Å². The van der Waals surface area contributed by atoms with E-state index in [0.29, 0.717) is 24.7 Å². The van der Waals surface area contributed by atoms with Crippen LogP contribution in [0.1, 0.15) is 53.9 Å². The van der Waals surface area contributed by atoms with Crippen LogP contribution in [-0.4, -0.2) is 36.3 Å². The molecule has 4 nitrogen and oxygen atoms in total. The Bertz CT molecular complexity index is 311. The van der Waals surface area contributed by atoms with E-state index < -0.39 is 0 Å². The number of thioether (sulfide) groups is 1. The molecule has 1 unspecified atom stereocenters. The van der Waals surface area contributed by atoms with Gasteiger partial charge in [-0.15, -0.1) is 0 Å². The summed E-state index contributed by atoms with van der Waals surface area (Å²) in [6.45, 7) is 11.7. The molecule has 5 heteroatoms. The standard InChI is InChI=1S/C15H30N2O2S/c1-12(20-6)9-10-16-14(18)8-7-11-19-17-13(2)15(3,4)5/h12H,7-11H2,1-6H3,(H,16,18)/b17-13+. The first-order chi connectivity index (χ1) is 9.27. The molecule has 0 rings (SSSR count). The SMILES string of the molecule is CSC(C)CCNC(=O)CCCO/N=C(\C)C(C)(C)C. The normalized spacial score (nSPS) is 14.0. The number of hydrogen-bond acceptors (Lipinski definition) is 4. The van der Waals surface area contributed by atoms with Crippen LogP contribution < -0.4 is 5.32 Å². The Labute approximate surface area is 128 Å². The molecular weight excluding hydrogens is 272 g/mol. The minimum Gasteiger partial charge on any atom is -0.396 e. The molecule has 0 saturated heterocycles. The third kappa shape index (κ3) is 10.1. The van der Waals surface area contributed by atoms with E-state index in [2.05, 4.69) is 44.4 Å². The van der Waals surface area contributed by atoms with Crippen LogP contribution in [0.25, 0.3) is 0 Å². The maximum Gasteiger partial charge on any atom is 0.220 e. The van der Waals surface area contributed by atoms with Crippen molar-refractivity contribution in [1.29, 1.82) is 0 Å². The summed E-state index contributed by atoms with van der Waals surface area (Å²) < 4.78 is 0. The third-order valence-corrected chi connectivity index (χ3v) is 4.24. The predicted octanol–water partition coefficient (Wildman–Crippen LogP) is 3.46. The molecule has 0 aliphatic rings. The Morgan fingerprint density at radius 2 is 2.05 bits per heavy atom. The summed E-state index contributed by atoms with van der Waals surface area (Å²) in [5.74, 6) is 0.0958. The lowest BCUT2D eigenvalue weighted by atomic mass is 9.91. The van der Waals surface area contributed by atoms with Crippen molar-refractivity contribution in [2.75, 3.05) is 19.4 Å². The lowest BCUT2D eigenvalue weighted by molar-refractivity contribution is -0.121. The highest BCUT2D eigenvalue weighted by molar-refractivity contribution is 7.99. The van der Waals surface area contributed by atoms with Gasteiger partial charge in [-0.05, 0) is 26.0 Å². The molecule has 0 aliphatic heterocycles. The van der Waals surface area contributed by atoms with E-state index >= 15 is 0 Å². The maximum absolute atomic E-state index is 11.6. The van der Waals surface area contributed by atoms with E-state index in [4.69, 9.17) is 4.84 Å². The average molecular weight is 302 g/mol. The lowest BCUT2D eigenvalue weighted by Gasteiger charge is -2.16. The van der Waals surface area contributed by atoms with Gasteiger partial charge >= 0.3 is 0 Å². The minimum absolute atomic E-state index is 0.0331. The predicted molar refractivity (Wildman–Crippen MR) is 88.4 cm³/mol. The van der Waals surface area contributed by atoms with Gasteiger partial charge < -0.3 is 10.2 Å². The molecular formula is C15H30N2O2S. The summed E-state index contributed by atoms with van der Waals surface area (Å²) in [6.07, 6.45) is 4.30. The first kappa shape index (κ1) is 19.3. The Hall–Kier alpha value is -0.710. The van der Waals surface area contributed by atoms with E-state index in [9.17, 15) is 4.79 Å². The number of amides is 1. The van der Waals surface area contributed by atoms with Gasteiger partial charge in [0.1, 0.15) is 6.61 Å². The van der Waals surface area contributed by atoms with E-state index in [-0.39, 0.29) is 11.3 Å². The number of nitrogens with zero attached hydrogens (tertiary/aromatic N) is 1.